The number of pyridine rings is 1. The van der Waals surface area contributed by atoms with Crippen molar-refractivity contribution in [2.75, 3.05) is 27.4 Å². The number of aromatic nitrogens is 1. The molecule has 0 bridgehead atoms. The van der Waals surface area contributed by atoms with E-state index in [1.54, 1.807) is 7.11 Å². The van der Waals surface area contributed by atoms with E-state index in [0.717, 1.165) is 55.0 Å². The number of rotatable bonds is 9. The minimum atomic E-state index is 0.380. The molecular formula is C16H28N2O2. The molecule has 0 aliphatic carbocycles. The van der Waals surface area contributed by atoms with Gasteiger partial charge in [-0.15, -0.1) is 0 Å². The van der Waals surface area contributed by atoms with Gasteiger partial charge in [-0.2, -0.15) is 0 Å². The zero-order chi connectivity index (χ0) is 15.0. The standard InChI is InChI=1S/C16H28N2O2/c1-6-8-20-9-7-14(17-4)10-15-13(3)16(19-5)12(2)11-18-15/h11,14,17H,6-10H2,1-5H3. The highest BCUT2D eigenvalue weighted by Crippen LogP contribution is 2.24. The van der Waals surface area contributed by atoms with E-state index in [4.69, 9.17) is 9.47 Å². The first-order chi connectivity index (χ1) is 9.63. The molecule has 1 heterocycles. The van der Waals surface area contributed by atoms with Crippen LogP contribution in [0.1, 0.15) is 36.6 Å². The molecule has 0 radical (unpaired) electrons. The number of hydrogen-bond acceptors (Lipinski definition) is 4. The van der Waals surface area contributed by atoms with Gasteiger partial charge in [-0.1, -0.05) is 6.92 Å². The summed E-state index contributed by atoms with van der Waals surface area (Å²) in [5, 5.41) is 3.35. The van der Waals surface area contributed by atoms with E-state index in [2.05, 4.69) is 24.1 Å². The van der Waals surface area contributed by atoms with Gasteiger partial charge in [-0.25, -0.2) is 0 Å². The summed E-state index contributed by atoms with van der Waals surface area (Å²) in [6.07, 6.45) is 4.85. The number of likely N-dealkylation sites (N-methyl/N-ethyl adjacent to an activating group) is 1. The first-order valence-corrected chi connectivity index (χ1v) is 7.38. The van der Waals surface area contributed by atoms with Crippen LogP contribution < -0.4 is 10.1 Å². The van der Waals surface area contributed by atoms with Gasteiger partial charge in [0.25, 0.3) is 0 Å². The van der Waals surface area contributed by atoms with Crippen LogP contribution in [-0.2, 0) is 11.2 Å². The number of ether oxygens (including phenoxy) is 2. The van der Waals surface area contributed by atoms with Gasteiger partial charge in [0.15, 0.2) is 0 Å². The molecular weight excluding hydrogens is 252 g/mol. The summed E-state index contributed by atoms with van der Waals surface area (Å²) in [6.45, 7) is 7.86. The van der Waals surface area contributed by atoms with Gasteiger partial charge in [0.2, 0.25) is 0 Å². The van der Waals surface area contributed by atoms with E-state index in [-0.39, 0.29) is 0 Å². The SMILES string of the molecule is CCCOCCC(Cc1ncc(C)c(OC)c1C)NC. The van der Waals surface area contributed by atoms with Crippen LogP contribution in [0, 0.1) is 13.8 Å². The summed E-state index contributed by atoms with van der Waals surface area (Å²) in [5.74, 6) is 0.951. The molecule has 1 aromatic heterocycles. The van der Waals surface area contributed by atoms with Crippen molar-refractivity contribution in [2.45, 2.75) is 46.1 Å². The topological polar surface area (TPSA) is 43.4 Å². The van der Waals surface area contributed by atoms with E-state index < -0.39 is 0 Å². The molecule has 0 aliphatic heterocycles. The third-order valence-electron chi connectivity index (χ3n) is 3.56. The molecule has 114 valence electrons. The molecule has 20 heavy (non-hydrogen) atoms. The molecule has 1 unspecified atom stereocenters. The highest BCUT2D eigenvalue weighted by Gasteiger charge is 2.14. The van der Waals surface area contributed by atoms with Crippen LogP contribution in [0.5, 0.6) is 5.75 Å². The van der Waals surface area contributed by atoms with Crippen LogP contribution in [0.3, 0.4) is 0 Å². The molecule has 0 aromatic carbocycles. The molecule has 0 amide bonds. The lowest BCUT2D eigenvalue weighted by Gasteiger charge is -2.18. The quantitative estimate of drug-likeness (QED) is 0.706. The molecule has 0 fully saturated rings. The van der Waals surface area contributed by atoms with Crippen molar-refractivity contribution in [1.29, 1.82) is 0 Å². The lowest BCUT2D eigenvalue weighted by molar-refractivity contribution is 0.125. The van der Waals surface area contributed by atoms with E-state index in [0.29, 0.717) is 6.04 Å². The summed E-state index contributed by atoms with van der Waals surface area (Å²) < 4.78 is 11.0. The molecule has 0 spiro atoms. The van der Waals surface area contributed by atoms with Gasteiger partial charge in [0.05, 0.1) is 7.11 Å². The van der Waals surface area contributed by atoms with Crippen molar-refractivity contribution in [3.05, 3.63) is 23.0 Å². The Balaban J connectivity index is 2.65. The van der Waals surface area contributed by atoms with Gasteiger partial charge >= 0.3 is 0 Å². The third kappa shape index (κ3) is 4.76. The maximum atomic E-state index is 5.56. The Morgan fingerprint density at radius 2 is 2.05 bits per heavy atom. The average Bonchev–Trinajstić information content (AvgIpc) is 2.45. The van der Waals surface area contributed by atoms with Crippen molar-refractivity contribution in [1.82, 2.24) is 10.3 Å². The van der Waals surface area contributed by atoms with Crippen molar-refractivity contribution in [2.24, 2.45) is 0 Å². The highest BCUT2D eigenvalue weighted by molar-refractivity contribution is 5.41. The van der Waals surface area contributed by atoms with E-state index in [1.165, 1.54) is 0 Å². The van der Waals surface area contributed by atoms with Crippen LogP contribution in [0.25, 0.3) is 0 Å². The van der Waals surface area contributed by atoms with Crippen molar-refractivity contribution in [3.8, 4) is 5.75 Å². The Morgan fingerprint density at radius 1 is 1.30 bits per heavy atom. The normalized spacial score (nSPS) is 12.4. The fourth-order valence-corrected chi connectivity index (χ4v) is 2.33. The fourth-order valence-electron chi connectivity index (χ4n) is 2.33. The predicted molar refractivity (Wildman–Crippen MR) is 82.5 cm³/mol. The second-order valence-corrected chi connectivity index (χ2v) is 5.14. The lowest BCUT2D eigenvalue weighted by atomic mass is 10.0. The molecule has 0 saturated carbocycles. The van der Waals surface area contributed by atoms with Crippen molar-refractivity contribution >= 4 is 0 Å². The van der Waals surface area contributed by atoms with Crippen LogP contribution in [0.4, 0.5) is 0 Å². The maximum Gasteiger partial charge on any atom is 0.128 e. The van der Waals surface area contributed by atoms with E-state index in [1.807, 2.05) is 20.2 Å². The number of nitrogens with zero attached hydrogens (tertiary/aromatic N) is 1. The highest BCUT2D eigenvalue weighted by atomic mass is 16.5. The van der Waals surface area contributed by atoms with Crippen LogP contribution in [0.2, 0.25) is 0 Å². The predicted octanol–water partition coefficient (Wildman–Crippen LogP) is 2.65. The first kappa shape index (κ1) is 16.9. The summed E-state index contributed by atoms with van der Waals surface area (Å²) in [7, 11) is 3.71. The Morgan fingerprint density at radius 3 is 2.65 bits per heavy atom. The first-order valence-electron chi connectivity index (χ1n) is 7.38. The van der Waals surface area contributed by atoms with Crippen LogP contribution in [0.15, 0.2) is 6.20 Å². The zero-order valence-corrected chi connectivity index (χ0v) is 13.5. The number of nitrogens with one attached hydrogen (secondary N) is 1. The Hall–Kier alpha value is -1.13. The monoisotopic (exact) mass is 280 g/mol. The molecule has 0 aliphatic rings. The summed E-state index contributed by atoms with van der Waals surface area (Å²) >= 11 is 0. The maximum absolute atomic E-state index is 5.56. The number of hydrogen-bond donors (Lipinski definition) is 1. The smallest absolute Gasteiger partial charge is 0.128 e. The van der Waals surface area contributed by atoms with Gasteiger partial charge in [0, 0.05) is 48.7 Å². The van der Waals surface area contributed by atoms with Gasteiger partial charge in [0.1, 0.15) is 5.75 Å². The second kappa shape index (κ2) is 8.93. The Bertz CT molecular complexity index is 408. The minimum absolute atomic E-state index is 0.380. The van der Waals surface area contributed by atoms with Gasteiger partial charge < -0.3 is 14.8 Å². The van der Waals surface area contributed by atoms with Crippen molar-refractivity contribution in [3.63, 3.8) is 0 Å². The van der Waals surface area contributed by atoms with Gasteiger partial charge in [-0.3, -0.25) is 4.98 Å². The molecule has 1 rings (SSSR count). The Labute approximate surface area is 122 Å². The molecule has 4 nitrogen and oxygen atoms in total. The summed E-state index contributed by atoms with van der Waals surface area (Å²) in [6, 6.07) is 0.380. The molecule has 0 saturated heterocycles. The minimum Gasteiger partial charge on any atom is -0.496 e. The van der Waals surface area contributed by atoms with Crippen LogP contribution >= 0.6 is 0 Å². The lowest BCUT2D eigenvalue weighted by Crippen LogP contribution is -2.29. The second-order valence-electron chi connectivity index (χ2n) is 5.14. The van der Waals surface area contributed by atoms with E-state index >= 15 is 0 Å². The Kier molecular flexibility index (Phi) is 7.55. The zero-order valence-electron chi connectivity index (χ0n) is 13.5. The van der Waals surface area contributed by atoms with Gasteiger partial charge in [-0.05, 0) is 33.7 Å². The fraction of sp³-hybridized carbons (Fsp3) is 0.688. The molecule has 4 heteroatoms. The van der Waals surface area contributed by atoms with Crippen molar-refractivity contribution < 1.29 is 9.47 Å². The number of aryl methyl sites for hydroxylation is 1. The third-order valence-corrected chi connectivity index (χ3v) is 3.56. The molecule has 1 N–H and O–H groups in total. The molecule has 1 aromatic rings. The summed E-state index contributed by atoms with van der Waals surface area (Å²) in [5.41, 5.74) is 3.32. The molecule has 1 atom stereocenters. The average molecular weight is 280 g/mol. The van der Waals surface area contributed by atoms with Crippen LogP contribution in [-0.4, -0.2) is 38.4 Å². The number of methoxy groups -OCH3 is 1. The van der Waals surface area contributed by atoms with E-state index in [9.17, 15) is 0 Å². The largest absolute Gasteiger partial charge is 0.496 e. The summed E-state index contributed by atoms with van der Waals surface area (Å²) in [4.78, 5) is 4.56.